The zero-order chi connectivity index (χ0) is 13.1. The van der Waals surface area contributed by atoms with Crippen molar-refractivity contribution in [1.82, 2.24) is 0 Å². The van der Waals surface area contributed by atoms with E-state index in [0.29, 0.717) is 18.9 Å². The van der Waals surface area contributed by atoms with E-state index in [1.165, 1.54) is 19.3 Å². The highest BCUT2D eigenvalue weighted by molar-refractivity contribution is 5.68. The van der Waals surface area contributed by atoms with E-state index >= 15 is 0 Å². The second-order valence-corrected chi connectivity index (χ2v) is 5.25. The van der Waals surface area contributed by atoms with Crippen molar-refractivity contribution in [3.05, 3.63) is 0 Å². The minimum absolute atomic E-state index is 0.264. The summed E-state index contributed by atoms with van der Waals surface area (Å²) < 4.78 is 0. The van der Waals surface area contributed by atoms with E-state index in [4.69, 9.17) is 4.89 Å². The molecule has 0 aromatic carbocycles. The Kier molecular flexibility index (Phi) is 10.2. The van der Waals surface area contributed by atoms with Crippen molar-refractivity contribution < 1.29 is 14.6 Å². The van der Waals surface area contributed by atoms with Gasteiger partial charge in [0.15, 0.2) is 0 Å². The highest BCUT2D eigenvalue weighted by Gasteiger charge is 2.05. The summed E-state index contributed by atoms with van der Waals surface area (Å²) in [6, 6.07) is 0. The van der Waals surface area contributed by atoms with E-state index < -0.39 is 0 Å². The smallest absolute Gasteiger partial charge is 0.298 e. The first-order chi connectivity index (χ1) is 8.06. The number of hydrogen-bond acceptors (Lipinski definition) is 3. The fourth-order valence-electron chi connectivity index (χ4n) is 1.62. The van der Waals surface area contributed by atoms with Crippen molar-refractivity contribution >= 4 is 5.97 Å². The standard InChI is InChI=1S/C14H28O3/c1-5-7-14(15)17-16-11-10-13(4)9-6-8-12(2)3/h12-13H,5-11H2,1-4H3. The Morgan fingerprint density at radius 3 is 2.41 bits per heavy atom. The summed E-state index contributed by atoms with van der Waals surface area (Å²) in [5, 5.41) is 0. The Hall–Kier alpha value is -0.570. The van der Waals surface area contributed by atoms with Crippen molar-refractivity contribution in [2.45, 2.75) is 66.2 Å². The quantitative estimate of drug-likeness (QED) is 0.329. The second-order valence-electron chi connectivity index (χ2n) is 5.25. The lowest BCUT2D eigenvalue weighted by Crippen LogP contribution is -2.08. The van der Waals surface area contributed by atoms with E-state index in [1.54, 1.807) is 0 Å². The van der Waals surface area contributed by atoms with E-state index in [9.17, 15) is 4.79 Å². The van der Waals surface area contributed by atoms with Gasteiger partial charge in [-0.2, -0.15) is 4.89 Å². The minimum Gasteiger partial charge on any atom is -0.298 e. The molecule has 3 nitrogen and oxygen atoms in total. The molecule has 0 aromatic heterocycles. The summed E-state index contributed by atoms with van der Waals surface area (Å²) in [6.45, 7) is 9.18. The second kappa shape index (κ2) is 10.6. The Bertz CT molecular complexity index is 190. The summed E-state index contributed by atoms with van der Waals surface area (Å²) in [7, 11) is 0. The van der Waals surface area contributed by atoms with Gasteiger partial charge in [0.1, 0.15) is 0 Å². The molecule has 1 atom stereocenters. The molecule has 0 spiro atoms. The lowest BCUT2D eigenvalue weighted by Gasteiger charge is -2.11. The molecule has 0 aliphatic rings. The van der Waals surface area contributed by atoms with Gasteiger partial charge in [0, 0.05) is 6.42 Å². The molecule has 0 saturated carbocycles. The van der Waals surface area contributed by atoms with E-state index in [1.807, 2.05) is 6.92 Å². The molecule has 0 saturated heterocycles. The van der Waals surface area contributed by atoms with Crippen molar-refractivity contribution in [3.63, 3.8) is 0 Å². The van der Waals surface area contributed by atoms with Gasteiger partial charge in [-0.15, -0.1) is 0 Å². The monoisotopic (exact) mass is 244 g/mol. The molecule has 0 heterocycles. The molecule has 0 amide bonds. The summed E-state index contributed by atoms with van der Waals surface area (Å²) in [4.78, 5) is 20.5. The first kappa shape index (κ1) is 16.4. The van der Waals surface area contributed by atoms with Crippen LogP contribution < -0.4 is 0 Å². The topological polar surface area (TPSA) is 35.5 Å². The Morgan fingerprint density at radius 1 is 1.12 bits per heavy atom. The highest BCUT2D eigenvalue weighted by atomic mass is 17.2. The zero-order valence-electron chi connectivity index (χ0n) is 11.8. The Balaban J connectivity index is 3.32. The summed E-state index contributed by atoms with van der Waals surface area (Å²) in [5.74, 6) is 1.16. The largest absolute Gasteiger partial charge is 0.342 e. The van der Waals surface area contributed by atoms with Crippen LogP contribution >= 0.6 is 0 Å². The molecule has 102 valence electrons. The Morgan fingerprint density at radius 2 is 1.82 bits per heavy atom. The van der Waals surface area contributed by atoms with Gasteiger partial charge in [0.05, 0.1) is 6.61 Å². The third-order valence-corrected chi connectivity index (χ3v) is 2.78. The highest BCUT2D eigenvalue weighted by Crippen LogP contribution is 2.15. The maximum absolute atomic E-state index is 11.0. The van der Waals surface area contributed by atoms with Crippen LogP contribution in [-0.2, 0) is 14.6 Å². The van der Waals surface area contributed by atoms with Crippen LogP contribution in [0.5, 0.6) is 0 Å². The van der Waals surface area contributed by atoms with Gasteiger partial charge in [-0.05, 0) is 24.7 Å². The van der Waals surface area contributed by atoms with Gasteiger partial charge in [-0.3, -0.25) is 4.89 Å². The number of rotatable bonds is 10. The normalized spacial score (nSPS) is 12.8. The van der Waals surface area contributed by atoms with Crippen LogP contribution in [0.2, 0.25) is 0 Å². The number of hydrogen-bond donors (Lipinski definition) is 0. The summed E-state index contributed by atoms with van der Waals surface area (Å²) in [6.07, 6.45) is 5.98. The summed E-state index contributed by atoms with van der Waals surface area (Å²) >= 11 is 0. The van der Waals surface area contributed by atoms with Gasteiger partial charge in [-0.1, -0.05) is 47.0 Å². The average Bonchev–Trinajstić information content (AvgIpc) is 2.24. The van der Waals surface area contributed by atoms with Crippen LogP contribution in [0, 0.1) is 11.8 Å². The van der Waals surface area contributed by atoms with Crippen LogP contribution in [0.15, 0.2) is 0 Å². The fraction of sp³-hybridized carbons (Fsp3) is 0.929. The van der Waals surface area contributed by atoms with Crippen LogP contribution in [0.25, 0.3) is 0 Å². The molecule has 0 fully saturated rings. The molecule has 3 heteroatoms. The maximum atomic E-state index is 11.0. The van der Waals surface area contributed by atoms with E-state index in [2.05, 4.69) is 25.7 Å². The predicted octanol–water partition coefficient (Wildman–Crippen LogP) is 4.11. The molecule has 0 N–H and O–H groups in total. The molecule has 0 aromatic rings. The van der Waals surface area contributed by atoms with Crippen LogP contribution in [0.4, 0.5) is 0 Å². The Labute approximate surface area is 106 Å². The molecule has 0 rings (SSSR count). The predicted molar refractivity (Wildman–Crippen MR) is 69.4 cm³/mol. The first-order valence-corrected chi connectivity index (χ1v) is 6.88. The van der Waals surface area contributed by atoms with E-state index in [0.717, 1.165) is 18.8 Å². The third kappa shape index (κ3) is 11.7. The number of carbonyl (C=O) groups excluding carboxylic acids is 1. The van der Waals surface area contributed by atoms with Crippen LogP contribution in [0.3, 0.4) is 0 Å². The van der Waals surface area contributed by atoms with Gasteiger partial charge in [0.2, 0.25) is 0 Å². The van der Waals surface area contributed by atoms with Crippen molar-refractivity contribution in [1.29, 1.82) is 0 Å². The lowest BCUT2D eigenvalue weighted by molar-refractivity contribution is -0.273. The third-order valence-electron chi connectivity index (χ3n) is 2.78. The van der Waals surface area contributed by atoms with E-state index in [-0.39, 0.29) is 5.97 Å². The first-order valence-electron chi connectivity index (χ1n) is 6.88. The average molecular weight is 244 g/mol. The number of carbonyl (C=O) groups is 1. The molecular formula is C14H28O3. The minimum atomic E-state index is -0.264. The molecule has 0 aliphatic carbocycles. The summed E-state index contributed by atoms with van der Waals surface area (Å²) in [5.41, 5.74) is 0. The molecule has 0 aliphatic heterocycles. The van der Waals surface area contributed by atoms with Gasteiger partial charge < -0.3 is 0 Å². The molecule has 0 radical (unpaired) electrons. The lowest BCUT2D eigenvalue weighted by atomic mass is 9.98. The zero-order valence-corrected chi connectivity index (χ0v) is 11.8. The molecule has 0 bridgehead atoms. The molecule has 17 heavy (non-hydrogen) atoms. The maximum Gasteiger partial charge on any atom is 0.342 e. The van der Waals surface area contributed by atoms with Crippen molar-refractivity contribution in [3.8, 4) is 0 Å². The van der Waals surface area contributed by atoms with Gasteiger partial charge >= 0.3 is 5.97 Å². The van der Waals surface area contributed by atoms with Gasteiger partial charge in [0.25, 0.3) is 0 Å². The molecule has 1 unspecified atom stereocenters. The molecular weight excluding hydrogens is 216 g/mol. The van der Waals surface area contributed by atoms with Crippen LogP contribution in [0.1, 0.15) is 66.2 Å². The fourth-order valence-corrected chi connectivity index (χ4v) is 1.62. The van der Waals surface area contributed by atoms with Crippen molar-refractivity contribution in [2.24, 2.45) is 11.8 Å². The SMILES string of the molecule is CCCC(=O)OOCCC(C)CCCC(C)C. The van der Waals surface area contributed by atoms with Gasteiger partial charge in [-0.25, -0.2) is 4.79 Å². The van der Waals surface area contributed by atoms with Crippen molar-refractivity contribution in [2.75, 3.05) is 6.61 Å². The van der Waals surface area contributed by atoms with Crippen LogP contribution in [-0.4, -0.2) is 12.6 Å².